The minimum atomic E-state index is -3.04. The molecule has 122 valence electrons. The van der Waals surface area contributed by atoms with E-state index in [1.807, 2.05) is 31.2 Å². The molecule has 1 heterocycles. The number of sulfone groups is 1. The van der Waals surface area contributed by atoms with Crippen molar-refractivity contribution in [2.75, 3.05) is 31.1 Å². The third-order valence-electron chi connectivity index (χ3n) is 3.66. The molecule has 2 rings (SSSR count). The van der Waals surface area contributed by atoms with Crippen LogP contribution in [0.1, 0.15) is 12.5 Å². The quantitative estimate of drug-likeness (QED) is 0.911. The van der Waals surface area contributed by atoms with Crippen LogP contribution in [0.5, 0.6) is 0 Å². The summed E-state index contributed by atoms with van der Waals surface area (Å²) in [6.45, 7) is 3.05. The fourth-order valence-corrected chi connectivity index (χ4v) is 4.46. The Kier molecular flexibility index (Phi) is 5.69. The molecule has 2 amide bonds. The van der Waals surface area contributed by atoms with Gasteiger partial charge in [0.1, 0.15) is 0 Å². The zero-order valence-electron chi connectivity index (χ0n) is 12.6. The van der Waals surface area contributed by atoms with Gasteiger partial charge in [-0.2, -0.15) is 0 Å². The molecule has 1 N–H and O–H groups in total. The maximum Gasteiger partial charge on any atom is 0.317 e. The molecule has 1 saturated heterocycles. The Balaban J connectivity index is 1.86. The van der Waals surface area contributed by atoms with Crippen LogP contribution < -0.4 is 5.32 Å². The first-order valence-electron chi connectivity index (χ1n) is 7.34. The van der Waals surface area contributed by atoms with Crippen LogP contribution in [0.3, 0.4) is 0 Å². The second kappa shape index (κ2) is 7.33. The Morgan fingerprint density at radius 2 is 2.14 bits per heavy atom. The molecule has 1 aliphatic heterocycles. The third kappa shape index (κ3) is 4.88. The van der Waals surface area contributed by atoms with Gasteiger partial charge in [-0.15, -0.1) is 0 Å². The van der Waals surface area contributed by atoms with Crippen molar-refractivity contribution in [2.45, 2.75) is 13.3 Å². The topological polar surface area (TPSA) is 66.5 Å². The second-order valence-electron chi connectivity index (χ2n) is 5.74. The lowest BCUT2D eigenvalue weighted by molar-refractivity contribution is 0.196. The van der Waals surface area contributed by atoms with Gasteiger partial charge in [0.25, 0.3) is 0 Å². The maximum atomic E-state index is 12.2. The van der Waals surface area contributed by atoms with E-state index in [9.17, 15) is 13.2 Å². The van der Waals surface area contributed by atoms with E-state index < -0.39 is 9.84 Å². The fourth-order valence-electron chi connectivity index (χ4n) is 2.59. The standard InChI is InChI=1S/C15H21ClN2O3S/c1-12-10-18(8-9-22(20,21)11-12)15(19)17-7-6-13-4-2-3-5-14(13)16/h2-5,12H,6-11H2,1H3,(H,17,19). The van der Waals surface area contributed by atoms with Gasteiger partial charge in [0, 0.05) is 24.7 Å². The molecule has 7 heteroatoms. The van der Waals surface area contributed by atoms with Crippen LogP contribution in [-0.2, 0) is 16.3 Å². The molecule has 0 aliphatic carbocycles. The van der Waals surface area contributed by atoms with Crippen molar-refractivity contribution >= 4 is 27.5 Å². The molecule has 5 nitrogen and oxygen atoms in total. The van der Waals surface area contributed by atoms with Gasteiger partial charge < -0.3 is 10.2 Å². The molecule has 1 fully saturated rings. The molecule has 1 unspecified atom stereocenters. The SMILES string of the molecule is CC1CN(C(=O)NCCc2ccccc2Cl)CCS(=O)(=O)C1. The third-order valence-corrected chi connectivity index (χ3v) is 5.91. The van der Waals surface area contributed by atoms with Crippen LogP contribution in [0.4, 0.5) is 4.79 Å². The Morgan fingerprint density at radius 3 is 2.86 bits per heavy atom. The summed E-state index contributed by atoms with van der Waals surface area (Å²) in [7, 11) is -3.04. The lowest BCUT2D eigenvalue weighted by Crippen LogP contribution is -2.43. The smallest absolute Gasteiger partial charge is 0.317 e. The molecule has 1 aromatic rings. The van der Waals surface area contributed by atoms with Crippen LogP contribution in [0.2, 0.25) is 5.02 Å². The zero-order chi connectivity index (χ0) is 16.2. The fraction of sp³-hybridized carbons (Fsp3) is 0.533. The highest BCUT2D eigenvalue weighted by Crippen LogP contribution is 2.15. The number of nitrogens with one attached hydrogen (secondary N) is 1. The number of rotatable bonds is 3. The molecular weight excluding hydrogens is 324 g/mol. The van der Waals surface area contributed by atoms with Crippen LogP contribution in [-0.4, -0.2) is 50.5 Å². The molecule has 0 saturated carbocycles. The van der Waals surface area contributed by atoms with E-state index in [0.29, 0.717) is 24.5 Å². The maximum absolute atomic E-state index is 12.2. The summed E-state index contributed by atoms with van der Waals surface area (Å²) < 4.78 is 23.4. The van der Waals surface area contributed by atoms with E-state index in [-0.39, 0.29) is 30.0 Å². The van der Waals surface area contributed by atoms with Crippen LogP contribution in [0.15, 0.2) is 24.3 Å². The molecule has 1 aromatic carbocycles. The van der Waals surface area contributed by atoms with Crippen molar-refractivity contribution in [1.29, 1.82) is 0 Å². The van der Waals surface area contributed by atoms with Crippen molar-refractivity contribution in [2.24, 2.45) is 5.92 Å². The van der Waals surface area contributed by atoms with E-state index in [2.05, 4.69) is 5.32 Å². The Labute approximate surface area is 136 Å². The summed E-state index contributed by atoms with van der Waals surface area (Å²) in [5, 5.41) is 3.52. The molecule has 0 radical (unpaired) electrons. The van der Waals surface area contributed by atoms with E-state index in [0.717, 1.165) is 5.56 Å². The number of urea groups is 1. The number of hydrogen-bond donors (Lipinski definition) is 1. The number of halogens is 1. The first kappa shape index (κ1) is 17.1. The molecule has 0 bridgehead atoms. The first-order chi connectivity index (χ1) is 10.4. The predicted octanol–water partition coefficient (Wildman–Crippen LogP) is 1.96. The second-order valence-corrected chi connectivity index (χ2v) is 8.37. The van der Waals surface area contributed by atoms with E-state index in [1.165, 1.54) is 0 Å². The van der Waals surface area contributed by atoms with Crippen molar-refractivity contribution in [3.05, 3.63) is 34.9 Å². The Hall–Kier alpha value is -1.27. The Bertz CT molecular complexity index is 633. The van der Waals surface area contributed by atoms with Gasteiger partial charge in [0.05, 0.1) is 11.5 Å². The summed E-state index contributed by atoms with van der Waals surface area (Å²) in [5.74, 6) is 0.146. The number of amides is 2. The van der Waals surface area contributed by atoms with E-state index in [1.54, 1.807) is 4.90 Å². The lowest BCUT2D eigenvalue weighted by atomic mass is 10.1. The highest BCUT2D eigenvalue weighted by Gasteiger charge is 2.26. The van der Waals surface area contributed by atoms with Gasteiger partial charge in [-0.05, 0) is 24.0 Å². The van der Waals surface area contributed by atoms with E-state index >= 15 is 0 Å². The number of carbonyl (C=O) groups excluding carboxylic acids is 1. The normalized spacial score (nSPS) is 21.2. The van der Waals surface area contributed by atoms with Gasteiger partial charge >= 0.3 is 6.03 Å². The summed E-state index contributed by atoms with van der Waals surface area (Å²) >= 11 is 6.07. The average Bonchev–Trinajstić information content (AvgIpc) is 2.58. The van der Waals surface area contributed by atoms with Crippen molar-refractivity contribution in [3.63, 3.8) is 0 Å². The van der Waals surface area contributed by atoms with E-state index in [4.69, 9.17) is 11.6 Å². The largest absolute Gasteiger partial charge is 0.338 e. The van der Waals surface area contributed by atoms with Gasteiger partial charge in [0.15, 0.2) is 9.84 Å². The molecular formula is C15H21ClN2O3S. The van der Waals surface area contributed by atoms with Gasteiger partial charge in [-0.1, -0.05) is 36.7 Å². The predicted molar refractivity (Wildman–Crippen MR) is 87.9 cm³/mol. The molecule has 22 heavy (non-hydrogen) atoms. The molecule has 0 spiro atoms. The number of carbonyl (C=O) groups is 1. The van der Waals surface area contributed by atoms with Crippen molar-refractivity contribution in [1.82, 2.24) is 10.2 Å². The van der Waals surface area contributed by atoms with Gasteiger partial charge in [0.2, 0.25) is 0 Å². The summed E-state index contributed by atoms with van der Waals surface area (Å²) in [5.41, 5.74) is 0.983. The number of hydrogen-bond acceptors (Lipinski definition) is 3. The summed E-state index contributed by atoms with van der Waals surface area (Å²) in [6.07, 6.45) is 0.646. The van der Waals surface area contributed by atoms with Gasteiger partial charge in [-0.25, -0.2) is 13.2 Å². The lowest BCUT2D eigenvalue weighted by Gasteiger charge is -2.22. The number of benzene rings is 1. The minimum absolute atomic E-state index is 0.0370. The molecule has 1 aliphatic rings. The molecule has 1 atom stereocenters. The molecule has 0 aromatic heterocycles. The van der Waals surface area contributed by atoms with Gasteiger partial charge in [-0.3, -0.25) is 0 Å². The van der Waals surface area contributed by atoms with Crippen LogP contribution >= 0.6 is 11.6 Å². The van der Waals surface area contributed by atoms with Crippen LogP contribution in [0, 0.1) is 5.92 Å². The number of nitrogens with zero attached hydrogens (tertiary/aromatic N) is 1. The van der Waals surface area contributed by atoms with Crippen molar-refractivity contribution < 1.29 is 13.2 Å². The average molecular weight is 345 g/mol. The summed E-state index contributed by atoms with van der Waals surface area (Å²) in [4.78, 5) is 13.8. The zero-order valence-corrected chi connectivity index (χ0v) is 14.2. The monoisotopic (exact) mass is 344 g/mol. The van der Waals surface area contributed by atoms with Crippen molar-refractivity contribution in [3.8, 4) is 0 Å². The minimum Gasteiger partial charge on any atom is -0.338 e. The highest BCUT2D eigenvalue weighted by atomic mass is 35.5. The Morgan fingerprint density at radius 1 is 1.41 bits per heavy atom. The first-order valence-corrected chi connectivity index (χ1v) is 9.54. The highest BCUT2D eigenvalue weighted by molar-refractivity contribution is 7.91. The van der Waals surface area contributed by atoms with Crippen LogP contribution in [0.25, 0.3) is 0 Å². The summed E-state index contributed by atoms with van der Waals surface area (Å²) in [6, 6.07) is 7.30.